The molecule has 0 saturated heterocycles. The molecule has 2 bridgehead atoms. The third-order valence-corrected chi connectivity index (χ3v) is 3.91. The van der Waals surface area contributed by atoms with Crippen LogP contribution in [-0.2, 0) is 0 Å². The number of hydrogen-bond acceptors (Lipinski definition) is 1. The van der Waals surface area contributed by atoms with Gasteiger partial charge in [0.25, 0.3) is 0 Å². The third-order valence-electron chi connectivity index (χ3n) is 3.91. The van der Waals surface area contributed by atoms with Gasteiger partial charge < -0.3 is 5.73 Å². The van der Waals surface area contributed by atoms with Crippen LogP contribution in [0.25, 0.3) is 0 Å². The molecule has 0 unspecified atom stereocenters. The number of fused-ring (bicyclic) bond motifs is 2. The molecule has 0 aliphatic heterocycles. The summed E-state index contributed by atoms with van der Waals surface area (Å²) in [4.78, 5) is 0. The summed E-state index contributed by atoms with van der Waals surface area (Å²) in [5, 5.41) is 0. The first-order valence-electron chi connectivity index (χ1n) is 5.60. The molecule has 0 spiro atoms. The van der Waals surface area contributed by atoms with Gasteiger partial charge in [0.2, 0.25) is 0 Å². The Morgan fingerprint density at radius 2 is 2.00 bits per heavy atom. The van der Waals surface area contributed by atoms with Crippen LogP contribution in [0.3, 0.4) is 0 Å². The number of rotatable bonds is 4. The molecule has 0 heterocycles. The van der Waals surface area contributed by atoms with Gasteiger partial charge in [-0.25, -0.2) is 0 Å². The summed E-state index contributed by atoms with van der Waals surface area (Å²) in [6, 6.07) is 0. The Balaban J connectivity index is 1.69. The van der Waals surface area contributed by atoms with Crippen LogP contribution in [0.5, 0.6) is 0 Å². The topological polar surface area (TPSA) is 26.0 Å². The second kappa shape index (κ2) is 3.78. The first-order chi connectivity index (χ1) is 5.90. The van der Waals surface area contributed by atoms with E-state index < -0.39 is 0 Å². The van der Waals surface area contributed by atoms with Crippen LogP contribution in [0.15, 0.2) is 0 Å². The largest absolute Gasteiger partial charge is 0.330 e. The van der Waals surface area contributed by atoms with Gasteiger partial charge in [0.15, 0.2) is 0 Å². The van der Waals surface area contributed by atoms with Gasteiger partial charge in [-0.1, -0.05) is 19.3 Å². The lowest BCUT2D eigenvalue weighted by Crippen LogP contribution is -2.10. The Morgan fingerprint density at radius 3 is 2.58 bits per heavy atom. The van der Waals surface area contributed by atoms with Crippen molar-refractivity contribution >= 4 is 0 Å². The highest BCUT2D eigenvalue weighted by atomic mass is 14.5. The van der Waals surface area contributed by atoms with E-state index in [0.717, 1.165) is 24.3 Å². The molecule has 2 aliphatic rings. The van der Waals surface area contributed by atoms with E-state index in [1.54, 1.807) is 12.8 Å². The molecule has 1 nitrogen and oxygen atoms in total. The van der Waals surface area contributed by atoms with Crippen LogP contribution >= 0.6 is 0 Å². The summed E-state index contributed by atoms with van der Waals surface area (Å²) >= 11 is 0. The van der Waals surface area contributed by atoms with Crippen molar-refractivity contribution in [2.75, 3.05) is 6.54 Å². The Bertz CT molecular complexity index is 144. The maximum absolute atomic E-state index is 5.49. The quantitative estimate of drug-likeness (QED) is 0.640. The molecule has 12 heavy (non-hydrogen) atoms. The fourth-order valence-corrected chi connectivity index (χ4v) is 3.28. The summed E-state index contributed by atoms with van der Waals surface area (Å²) in [6.07, 6.45) is 10.3. The third kappa shape index (κ3) is 1.66. The van der Waals surface area contributed by atoms with Crippen molar-refractivity contribution in [2.45, 2.75) is 44.9 Å². The molecule has 0 aromatic carbocycles. The molecule has 1 heteroatoms. The molecule has 0 aromatic heterocycles. The van der Waals surface area contributed by atoms with Gasteiger partial charge in [0, 0.05) is 0 Å². The van der Waals surface area contributed by atoms with E-state index in [1.807, 2.05) is 0 Å². The van der Waals surface area contributed by atoms with E-state index >= 15 is 0 Å². The van der Waals surface area contributed by atoms with E-state index in [4.69, 9.17) is 5.73 Å². The number of unbranched alkanes of at least 4 members (excludes halogenated alkanes) is 1. The highest BCUT2D eigenvalue weighted by molar-refractivity contribution is 4.89. The molecule has 3 atom stereocenters. The zero-order valence-corrected chi connectivity index (χ0v) is 7.97. The number of nitrogens with two attached hydrogens (primary N) is 1. The van der Waals surface area contributed by atoms with Crippen LogP contribution in [0.2, 0.25) is 0 Å². The highest BCUT2D eigenvalue weighted by Crippen LogP contribution is 2.49. The Labute approximate surface area is 75.7 Å². The van der Waals surface area contributed by atoms with Crippen LogP contribution in [0, 0.1) is 17.8 Å². The summed E-state index contributed by atoms with van der Waals surface area (Å²) < 4.78 is 0. The van der Waals surface area contributed by atoms with Gasteiger partial charge in [0.1, 0.15) is 0 Å². The predicted molar refractivity (Wildman–Crippen MR) is 51.8 cm³/mol. The van der Waals surface area contributed by atoms with Crippen molar-refractivity contribution in [3.05, 3.63) is 0 Å². The lowest BCUT2D eigenvalue weighted by Gasteiger charge is -2.21. The van der Waals surface area contributed by atoms with Crippen LogP contribution in [0.4, 0.5) is 0 Å². The van der Waals surface area contributed by atoms with E-state index in [1.165, 1.54) is 32.1 Å². The van der Waals surface area contributed by atoms with Gasteiger partial charge in [-0.15, -0.1) is 0 Å². The minimum atomic E-state index is 0.890. The lowest BCUT2D eigenvalue weighted by molar-refractivity contribution is 0.306. The average molecular weight is 167 g/mol. The molecule has 0 amide bonds. The summed E-state index contributed by atoms with van der Waals surface area (Å²) in [6.45, 7) is 0.890. The Hall–Kier alpha value is -0.0400. The van der Waals surface area contributed by atoms with E-state index in [-0.39, 0.29) is 0 Å². The standard InChI is InChI=1S/C11H21N/c12-6-2-1-3-10-7-9-4-5-11(10)8-9/h9-11H,1-8,12H2/t9-,10-,11-/m0/s1. The molecular weight excluding hydrogens is 146 g/mol. The van der Waals surface area contributed by atoms with E-state index in [0.29, 0.717) is 0 Å². The fraction of sp³-hybridized carbons (Fsp3) is 1.00. The normalized spacial score (nSPS) is 39.2. The van der Waals surface area contributed by atoms with E-state index in [2.05, 4.69) is 0 Å². The van der Waals surface area contributed by atoms with Gasteiger partial charge in [-0.05, 0) is 50.0 Å². The van der Waals surface area contributed by atoms with Gasteiger partial charge in [-0.2, -0.15) is 0 Å². The first kappa shape index (κ1) is 8.55. The fourth-order valence-electron chi connectivity index (χ4n) is 3.28. The van der Waals surface area contributed by atoms with Gasteiger partial charge in [0.05, 0.1) is 0 Å². The molecule has 0 radical (unpaired) electrons. The molecular formula is C11H21N. The van der Waals surface area contributed by atoms with Gasteiger partial charge >= 0.3 is 0 Å². The molecule has 2 saturated carbocycles. The maximum atomic E-state index is 5.49. The van der Waals surface area contributed by atoms with Crippen molar-refractivity contribution in [2.24, 2.45) is 23.5 Å². The SMILES string of the molecule is NCCCC[C@H]1C[C@@H]2CC[C@H]1C2. The molecule has 2 rings (SSSR count). The second-order valence-corrected chi connectivity index (χ2v) is 4.72. The monoisotopic (exact) mass is 167 g/mol. The summed E-state index contributed by atoms with van der Waals surface area (Å²) in [7, 11) is 0. The van der Waals surface area contributed by atoms with Crippen molar-refractivity contribution in [1.29, 1.82) is 0 Å². The lowest BCUT2D eigenvalue weighted by atomic mass is 9.85. The van der Waals surface area contributed by atoms with Crippen molar-refractivity contribution in [3.63, 3.8) is 0 Å². The zero-order valence-electron chi connectivity index (χ0n) is 7.97. The Kier molecular flexibility index (Phi) is 2.69. The minimum absolute atomic E-state index is 0.890. The molecule has 2 N–H and O–H groups in total. The first-order valence-corrected chi connectivity index (χ1v) is 5.60. The van der Waals surface area contributed by atoms with Crippen molar-refractivity contribution in [3.8, 4) is 0 Å². The second-order valence-electron chi connectivity index (χ2n) is 4.72. The summed E-state index contributed by atoms with van der Waals surface area (Å²) in [5.41, 5.74) is 5.49. The van der Waals surface area contributed by atoms with Crippen LogP contribution in [-0.4, -0.2) is 6.54 Å². The molecule has 2 fully saturated rings. The minimum Gasteiger partial charge on any atom is -0.330 e. The maximum Gasteiger partial charge on any atom is -0.00773 e. The smallest absolute Gasteiger partial charge is 0.00773 e. The van der Waals surface area contributed by atoms with Crippen LogP contribution < -0.4 is 5.73 Å². The van der Waals surface area contributed by atoms with Crippen molar-refractivity contribution < 1.29 is 0 Å². The molecule has 2 aliphatic carbocycles. The molecule has 70 valence electrons. The molecule has 0 aromatic rings. The zero-order chi connectivity index (χ0) is 8.39. The summed E-state index contributed by atoms with van der Waals surface area (Å²) in [5.74, 6) is 3.33. The highest BCUT2D eigenvalue weighted by Gasteiger charge is 2.38. The average Bonchev–Trinajstić information content (AvgIpc) is 2.65. The van der Waals surface area contributed by atoms with Crippen molar-refractivity contribution in [1.82, 2.24) is 0 Å². The van der Waals surface area contributed by atoms with Crippen LogP contribution in [0.1, 0.15) is 44.9 Å². The van der Waals surface area contributed by atoms with E-state index in [9.17, 15) is 0 Å². The Morgan fingerprint density at radius 1 is 1.08 bits per heavy atom. The number of hydrogen-bond donors (Lipinski definition) is 1. The van der Waals surface area contributed by atoms with Gasteiger partial charge in [-0.3, -0.25) is 0 Å². The predicted octanol–water partition coefficient (Wildman–Crippen LogP) is 2.55.